The molecule has 0 aliphatic rings. The summed E-state index contributed by atoms with van der Waals surface area (Å²) in [6, 6.07) is -20.2. The van der Waals surface area contributed by atoms with Crippen molar-refractivity contribution in [3.05, 3.63) is 151 Å². The van der Waals surface area contributed by atoms with Crippen molar-refractivity contribution in [1.82, 2.24) is 24.5 Å². The van der Waals surface area contributed by atoms with E-state index in [4.69, 9.17) is 28.8 Å². The molecular formula is C40H25N5S. The highest BCUT2D eigenvalue weighted by Gasteiger charge is 2.18. The Balaban J connectivity index is 1.45. The summed E-state index contributed by atoms with van der Waals surface area (Å²) in [7, 11) is 0. The van der Waals surface area contributed by atoms with Gasteiger partial charge in [-0.1, -0.05) is 121 Å². The Morgan fingerprint density at radius 2 is 0.978 bits per heavy atom. The first kappa shape index (κ1) is 11.4. The van der Waals surface area contributed by atoms with Gasteiger partial charge in [0.15, 0.2) is 11.6 Å². The fourth-order valence-corrected chi connectivity index (χ4v) is 5.40. The van der Waals surface area contributed by atoms with Crippen LogP contribution in [0.1, 0.15) is 34.3 Å². The van der Waals surface area contributed by atoms with Crippen molar-refractivity contribution in [1.29, 1.82) is 0 Å². The van der Waals surface area contributed by atoms with Crippen LogP contribution in [0, 0.1) is 0 Å². The summed E-state index contributed by atoms with van der Waals surface area (Å²) in [5.74, 6) is -2.43. The largest absolute Gasteiger partial charge is 0.278 e. The van der Waals surface area contributed by atoms with Crippen LogP contribution < -0.4 is 0 Å². The Morgan fingerprint density at radius 1 is 0.457 bits per heavy atom. The van der Waals surface area contributed by atoms with Gasteiger partial charge in [-0.25, -0.2) is 9.97 Å². The highest BCUT2D eigenvalue weighted by Crippen LogP contribution is 2.35. The summed E-state index contributed by atoms with van der Waals surface area (Å²) in [6.45, 7) is 0. The van der Waals surface area contributed by atoms with E-state index in [-0.39, 0.29) is 20.8 Å². The number of rotatable bonds is 5. The molecule has 5 nitrogen and oxygen atoms in total. The molecule has 0 saturated carbocycles. The Bertz CT molecular complexity index is 3800. The van der Waals surface area contributed by atoms with E-state index in [2.05, 4.69) is 19.9 Å². The van der Waals surface area contributed by atoms with Crippen LogP contribution in [0.5, 0.6) is 0 Å². The normalized spacial score (nSPS) is 19.1. The third-order valence-electron chi connectivity index (χ3n) is 6.56. The molecule has 3 heterocycles. The van der Waals surface area contributed by atoms with Gasteiger partial charge < -0.3 is 0 Å². The van der Waals surface area contributed by atoms with Crippen molar-refractivity contribution < 1.29 is 34.3 Å². The zero-order valence-corrected chi connectivity index (χ0v) is 23.5. The van der Waals surface area contributed by atoms with Gasteiger partial charge in [0.1, 0.15) is 5.01 Å². The second-order valence-electron chi connectivity index (χ2n) is 9.26. The predicted octanol–water partition coefficient (Wildman–Crippen LogP) is 10.2. The molecule has 0 atom stereocenters. The number of fused-ring (bicyclic) bond motifs is 4. The minimum absolute atomic E-state index is 0.169. The van der Waals surface area contributed by atoms with Crippen LogP contribution in [-0.2, 0) is 0 Å². The molecule has 6 heteroatoms. The molecule has 216 valence electrons. The topological polar surface area (TPSA) is 56.5 Å². The van der Waals surface area contributed by atoms with E-state index in [0.717, 1.165) is 4.57 Å². The van der Waals surface area contributed by atoms with Crippen molar-refractivity contribution in [3.8, 4) is 50.4 Å². The van der Waals surface area contributed by atoms with E-state index in [0.29, 0.717) is 11.3 Å². The Labute approximate surface area is 304 Å². The van der Waals surface area contributed by atoms with Crippen LogP contribution in [0.2, 0.25) is 0 Å². The molecule has 0 spiro atoms. The minimum atomic E-state index is -0.987. The van der Waals surface area contributed by atoms with Gasteiger partial charge in [-0.05, 0) is 41.3 Å². The average Bonchev–Trinajstić information content (AvgIpc) is 3.95. The molecule has 0 radical (unpaired) electrons. The third-order valence-corrected chi connectivity index (χ3v) is 7.55. The van der Waals surface area contributed by atoms with Gasteiger partial charge >= 0.3 is 0 Å². The molecule has 0 N–H and O–H groups in total. The molecule has 0 fully saturated rings. The van der Waals surface area contributed by atoms with E-state index in [1.807, 2.05) is 0 Å². The number of para-hydroxylation sites is 2. The van der Waals surface area contributed by atoms with Gasteiger partial charge in [0.25, 0.3) is 0 Å². The Morgan fingerprint density at radius 3 is 1.65 bits per heavy atom. The molecule has 0 amide bonds. The first-order valence-corrected chi connectivity index (χ1v) is 13.9. The molecule has 0 saturated heterocycles. The number of hydrogen-bond donors (Lipinski definition) is 0. The highest BCUT2D eigenvalue weighted by molar-refractivity contribution is 7.21. The summed E-state index contributed by atoms with van der Waals surface area (Å²) in [5.41, 5.74) is -4.68. The number of thiazole rings is 1. The maximum atomic E-state index is 9.41. The fourth-order valence-electron chi connectivity index (χ4n) is 4.57. The molecule has 0 bridgehead atoms. The van der Waals surface area contributed by atoms with Crippen LogP contribution in [0.15, 0.2) is 151 Å². The van der Waals surface area contributed by atoms with E-state index >= 15 is 0 Å². The van der Waals surface area contributed by atoms with Gasteiger partial charge in [-0.2, -0.15) is 9.97 Å². The van der Waals surface area contributed by atoms with Gasteiger partial charge in [0, 0.05) is 27.5 Å². The zero-order valence-electron chi connectivity index (χ0n) is 47.6. The summed E-state index contributed by atoms with van der Waals surface area (Å²) in [4.78, 5) is 17.6. The standard InChI is InChI=1S/C40H25N5S/c1-3-11-26(12-4-1)27-19-21-28(22-20-27)37-42-38(30-23-24-36-33(25-30)41-39(46-36)29-13-5-2-6-14-29)44-40(43-37)45-34-17-9-7-15-31(34)32-16-8-10-18-35(32)45/h1-25H/i1D,2D,3D,4D,5D,6D,7D,8D,9D,10D,11D,12D,13D,14D,15D,16D,17D,18D,19D,20D,21D,22D,23D,24D,25D. The second-order valence-corrected chi connectivity index (χ2v) is 10.3. The fraction of sp³-hybridized carbons (Fsp3) is 0. The van der Waals surface area contributed by atoms with Crippen LogP contribution in [-0.4, -0.2) is 24.5 Å². The van der Waals surface area contributed by atoms with Crippen LogP contribution >= 0.6 is 11.3 Å². The maximum Gasteiger partial charge on any atom is 0.238 e. The molecule has 0 aliphatic carbocycles. The Hall–Kier alpha value is -5.98. The number of aromatic nitrogens is 5. The molecule has 0 aliphatic heterocycles. The van der Waals surface area contributed by atoms with Crippen molar-refractivity contribution in [2.75, 3.05) is 0 Å². The van der Waals surface area contributed by atoms with E-state index in [1.165, 1.54) is 0 Å². The average molecular weight is 633 g/mol. The van der Waals surface area contributed by atoms with Crippen LogP contribution in [0.4, 0.5) is 0 Å². The van der Waals surface area contributed by atoms with E-state index < -0.39 is 213 Å². The quantitative estimate of drug-likeness (QED) is 0.189. The van der Waals surface area contributed by atoms with Gasteiger partial charge in [-0.3, -0.25) is 4.57 Å². The smallest absolute Gasteiger partial charge is 0.238 e. The molecule has 9 aromatic rings. The lowest BCUT2D eigenvalue weighted by Gasteiger charge is -2.11. The highest BCUT2D eigenvalue weighted by atomic mass is 32.1. The maximum absolute atomic E-state index is 9.41. The number of nitrogens with zero attached hydrogens (tertiary/aromatic N) is 5. The Kier molecular flexibility index (Phi) is 2.70. The third kappa shape index (κ3) is 4.55. The summed E-state index contributed by atoms with van der Waals surface area (Å²) < 4.78 is 218. The summed E-state index contributed by atoms with van der Waals surface area (Å²) in [5, 5.41) is -1.12. The van der Waals surface area contributed by atoms with E-state index in [1.54, 1.807) is 0 Å². The number of hydrogen-bond acceptors (Lipinski definition) is 5. The van der Waals surface area contributed by atoms with Crippen molar-refractivity contribution in [2.45, 2.75) is 0 Å². The van der Waals surface area contributed by atoms with Crippen molar-refractivity contribution >= 4 is 43.4 Å². The van der Waals surface area contributed by atoms with Gasteiger partial charge in [-0.15, -0.1) is 11.3 Å². The van der Waals surface area contributed by atoms with Crippen molar-refractivity contribution in [2.24, 2.45) is 0 Å². The molecule has 6 aromatic carbocycles. The second kappa shape index (κ2) is 10.9. The van der Waals surface area contributed by atoms with E-state index in [9.17, 15) is 5.48 Å². The first-order chi connectivity index (χ1) is 33.2. The molecule has 46 heavy (non-hydrogen) atoms. The zero-order chi connectivity index (χ0) is 52.2. The van der Waals surface area contributed by atoms with Gasteiger partial charge in [0.2, 0.25) is 5.95 Å². The molecule has 9 rings (SSSR count). The molecule has 0 unspecified atom stereocenters. The molecule has 3 aromatic heterocycles. The summed E-state index contributed by atoms with van der Waals surface area (Å²) >= 11 is 0.628. The predicted molar refractivity (Wildman–Crippen MR) is 189 cm³/mol. The lowest BCUT2D eigenvalue weighted by Crippen LogP contribution is -2.06. The lowest BCUT2D eigenvalue weighted by atomic mass is 10.0. The SMILES string of the molecule is [2H]c1c([2H])c([2H])c(-c2nc3c([2H])c(-c4nc(-c5c([2H])c([2H])c(-c6c([2H])c([2H])c([2H])c([2H])c6[2H])c([2H])c5[2H])nc(-n5c6c([2H])c([2H])c([2H])c([2H])c6c6c([2H])c([2H])c([2H])c([2H])c65)n4)c([2H])c([2H])c3s2)c([2H])c1[2H]. The molecular weight excluding hydrogens is 583 g/mol. The van der Waals surface area contributed by atoms with Crippen LogP contribution in [0.25, 0.3) is 82.4 Å². The lowest BCUT2D eigenvalue weighted by molar-refractivity contribution is 0.953. The summed E-state index contributed by atoms with van der Waals surface area (Å²) in [6.07, 6.45) is 0. The van der Waals surface area contributed by atoms with Gasteiger partial charge in [0.05, 0.1) is 55.5 Å². The first-order valence-electron chi connectivity index (χ1n) is 25.6. The number of benzene rings is 6. The van der Waals surface area contributed by atoms with Crippen LogP contribution in [0.3, 0.4) is 0 Å². The minimum Gasteiger partial charge on any atom is -0.278 e. The van der Waals surface area contributed by atoms with Crippen molar-refractivity contribution in [3.63, 3.8) is 0 Å². The monoisotopic (exact) mass is 632 g/mol.